The van der Waals surface area contributed by atoms with Crippen LogP contribution >= 0.6 is 23.2 Å². The topological polar surface area (TPSA) is 17.1 Å². The second-order valence-electron chi connectivity index (χ2n) is 4.87. The molecule has 3 heteroatoms. The molecular formula is C10H16Cl2O. The van der Waals surface area contributed by atoms with Gasteiger partial charge in [0.25, 0.3) is 0 Å². The average Bonchev–Trinajstić information content (AvgIpc) is 1.97. The number of alkyl halides is 2. The van der Waals surface area contributed by atoms with Crippen molar-refractivity contribution in [3.8, 4) is 0 Å². The molecule has 0 saturated heterocycles. The Kier molecular flexibility index (Phi) is 3.29. The van der Waals surface area contributed by atoms with Gasteiger partial charge in [0.05, 0.1) is 10.8 Å². The molecule has 0 spiro atoms. The molecule has 76 valence electrons. The minimum absolute atomic E-state index is 0.00355. The zero-order chi connectivity index (χ0) is 10.2. The summed E-state index contributed by atoms with van der Waals surface area (Å²) >= 11 is 11.9. The largest absolute Gasteiger partial charge is 0.296 e. The van der Waals surface area contributed by atoms with Crippen LogP contribution in [0.25, 0.3) is 0 Å². The first kappa shape index (κ1) is 11.3. The normalized spacial score (nSPS) is 36.4. The molecule has 13 heavy (non-hydrogen) atoms. The molecule has 2 unspecified atom stereocenters. The minimum atomic E-state index is -0.375. The van der Waals surface area contributed by atoms with E-state index in [1.807, 2.05) is 0 Å². The molecule has 0 aromatic rings. The van der Waals surface area contributed by atoms with Crippen molar-refractivity contribution in [1.82, 2.24) is 0 Å². The molecule has 0 heterocycles. The van der Waals surface area contributed by atoms with Crippen LogP contribution in [0.4, 0.5) is 0 Å². The van der Waals surface area contributed by atoms with Crippen molar-refractivity contribution < 1.29 is 4.79 Å². The predicted octanol–water partition coefficient (Wildman–Crippen LogP) is 3.23. The molecule has 0 bridgehead atoms. The molecule has 1 nitrogen and oxygen atoms in total. The van der Waals surface area contributed by atoms with E-state index >= 15 is 0 Å². The predicted molar refractivity (Wildman–Crippen MR) is 56.5 cm³/mol. The van der Waals surface area contributed by atoms with Gasteiger partial charge in [-0.3, -0.25) is 4.79 Å². The van der Waals surface area contributed by atoms with Gasteiger partial charge in [-0.15, -0.1) is 23.2 Å². The highest BCUT2D eigenvalue weighted by Crippen LogP contribution is 2.39. The van der Waals surface area contributed by atoms with Gasteiger partial charge in [-0.1, -0.05) is 20.8 Å². The summed E-state index contributed by atoms with van der Waals surface area (Å²) in [6.45, 7) is 6.50. The van der Waals surface area contributed by atoms with Crippen LogP contribution in [0, 0.1) is 11.3 Å². The van der Waals surface area contributed by atoms with E-state index in [9.17, 15) is 4.79 Å². The fraction of sp³-hybridized carbons (Fsp3) is 0.900. The van der Waals surface area contributed by atoms with Crippen LogP contribution in [0.1, 0.15) is 33.6 Å². The third-order valence-electron chi connectivity index (χ3n) is 2.83. The lowest BCUT2D eigenvalue weighted by molar-refractivity contribution is -0.120. The number of rotatable bonds is 0. The molecule has 0 N–H and O–H groups in total. The number of hydrogen-bond donors (Lipinski definition) is 0. The van der Waals surface area contributed by atoms with Gasteiger partial charge >= 0.3 is 0 Å². The summed E-state index contributed by atoms with van der Waals surface area (Å²) in [5.74, 6) is 0.457. The fourth-order valence-corrected chi connectivity index (χ4v) is 2.53. The quantitative estimate of drug-likeness (QED) is 0.576. The van der Waals surface area contributed by atoms with Gasteiger partial charge in [-0.2, -0.15) is 0 Å². The van der Waals surface area contributed by atoms with Gasteiger partial charge in [-0.05, 0) is 24.2 Å². The Balaban J connectivity index is 2.69. The molecule has 0 aromatic heterocycles. The zero-order valence-corrected chi connectivity index (χ0v) is 9.82. The monoisotopic (exact) mass is 222 g/mol. The van der Waals surface area contributed by atoms with Gasteiger partial charge in [0.15, 0.2) is 5.78 Å². The standard InChI is InChI=1S/C10H16Cl2O/c1-10(2,3)6-4-7(11)9(13)8(12)5-6/h6-8H,4-5H2,1-3H3. The highest BCUT2D eigenvalue weighted by molar-refractivity contribution is 6.40. The summed E-state index contributed by atoms with van der Waals surface area (Å²) in [5, 5.41) is -0.749. The van der Waals surface area contributed by atoms with Gasteiger partial charge in [-0.25, -0.2) is 0 Å². The van der Waals surface area contributed by atoms with Crippen molar-refractivity contribution >= 4 is 29.0 Å². The molecule has 2 atom stereocenters. The van der Waals surface area contributed by atoms with Crippen LogP contribution < -0.4 is 0 Å². The first-order valence-corrected chi connectivity index (χ1v) is 5.51. The number of carbonyl (C=O) groups excluding carboxylic acids is 1. The second kappa shape index (κ2) is 3.78. The van der Waals surface area contributed by atoms with E-state index in [2.05, 4.69) is 20.8 Å². The highest BCUT2D eigenvalue weighted by atomic mass is 35.5. The molecule has 1 aliphatic rings. The Bertz CT molecular complexity index is 193. The average molecular weight is 223 g/mol. The Morgan fingerprint density at radius 1 is 1.15 bits per heavy atom. The third-order valence-corrected chi connectivity index (χ3v) is 3.61. The maximum absolute atomic E-state index is 11.3. The van der Waals surface area contributed by atoms with Gasteiger partial charge in [0, 0.05) is 0 Å². The van der Waals surface area contributed by atoms with Crippen molar-refractivity contribution in [2.75, 3.05) is 0 Å². The molecule has 0 amide bonds. The number of carbonyl (C=O) groups is 1. The third kappa shape index (κ3) is 2.60. The van der Waals surface area contributed by atoms with Crippen molar-refractivity contribution in [3.63, 3.8) is 0 Å². The summed E-state index contributed by atoms with van der Waals surface area (Å²) in [6, 6.07) is 0. The minimum Gasteiger partial charge on any atom is -0.296 e. The molecule has 1 rings (SSSR count). The van der Waals surface area contributed by atoms with E-state index in [4.69, 9.17) is 23.2 Å². The summed E-state index contributed by atoms with van der Waals surface area (Å²) in [6.07, 6.45) is 1.54. The van der Waals surface area contributed by atoms with Crippen LogP contribution in [0.15, 0.2) is 0 Å². The highest BCUT2D eigenvalue weighted by Gasteiger charge is 2.38. The van der Waals surface area contributed by atoms with E-state index in [0.29, 0.717) is 5.92 Å². The maximum atomic E-state index is 11.3. The Labute approximate surface area is 89.8 Å². The van der Waals surface area contributed by atoms with Crippen molar-refractivity contribution in [2.45, 2.75) is 44.4 Å². The number of hydrogen-bond acceptors (Lipinski definition) is 1. The van der Waals surface area contributed by atoms with E-state index in [1.54, 1.807) is 0 Å². The van der Waals surface area contributed by atoms with Gasteiger partial charge in [0.1, 0.15) is 0 Å². The molecule has 0 aliphatic heterocycles. The number of ketones is 1. The molecular weight excluding hydrogens is 207 g/mol. The first-order valence-electron chi connectivity index (χ1n) is 4.64. The molecule has 0 aromatic carbocycles. The van der Waals surface area contributed by atoms with E-state index in [-0.39, 0.29) is 22.0 Å². The fourth-order valence-electron chi connectivity index (χ4n) is 1.73. The summed E-state index contributed by atoms with van der Waals surface area (Å²) in [5.41, 5.74) is 0.195. The Morgan fingerprint density at radius 2 is 1.54 bits per heavy atom. The maximum Gasteiger partial charge on any atom is 0.168 e. The first-order chi connectivity index (χ1) is 5.82. The summed E-state index contributed by atoms with van der Waals surface area (Å²) in [4.78, 5) is 11.3. The van der Waals surface area contributed by atoms with Crippen LogP contribution in [-0.4, -0.2) is 16.5 Å². The van der Waals surface area contributed by atoms with Crippen LogP contribution in [0.2, 0.25) is 0 Å². The lowest BCUT2D eigenvalue weighted by Crippen LogP contribution is -2.39. The van der Waals surface area contributed by atoms with E-state index in [1.165, 1.54) is 0 Å². The summed E-state index contributed by atoms with van der Waals surface area (Å²) < 4.78 is 0. The Morgan fingerprint density at radius 3 is 1.85 bits per heavy atom. The van der Waals surface area contributed by atoms with Gasteiger partial charge < -0.3 is 0 Å². The van der Waals surface area contributed by atoms with E-state index in [0.717, 1.165) is 12.8 Å². The Hall–Kier alpha value is 0.250. The zero-order valence-electron chi connectivity index (χ0n) is 8.31. The van der Waals surface area contributed by atoms with Crippen LogP contribution in [0.3, 0.4) is 0 Å². The van der Waals surface area contributed by atoms with Crippen molar-refractivity contribution in [2.24, 2.45) is 11.3 Å². The lowest BCUT2D eigenvalue weighted by atomic mass is 9.72. The smallest absolute Gasteiger partial charge is 0.168 e. The summed E-state index contributed by atoms with van der Waals surface area (Å²) in [7, 11) is 0. The van der Waals surface area contributed by atoms with Crippen LogP contribution in [-0.2, 0) is 4.79 Å². The van der Waals surface area contributed by atoms with Crippen molar-refractivity contribution in [3.05, 3.63) is 0 Å². The second-order valence-corrected chi connectivity index (χ2v) is 5.93. The SMILES string of the molecule is CC(C)(C)C1CC(Cl)C(=O)C(Cl)C1. The molecule has 1 saturated carbocycles. The lowest BCUT2D eigenvalue weighted by Gasteiger charge is -2.37. The number of Topliss-reactive ketones (excluding diaryl/α,β-unsaturated/α-hetero) is 1. The molecule has 1 aliphatic carbocycles. The van der Waals surface area contributed by atoms with Crippen LogP contribution in [0.5, 0.6) is 0 Å². The van der Waals surface area contributed by atoms with Crippen molar-refractivity contribution in [1.29, 1.82) is 0 Å². The molecule has 1 fully saturated rings. The van der Waals surface area contributed by atoms with E-state index < -0.39 is 0 Å². The van der Waals surface area contributed by atoms with Gasteiger partial charge in [0.2, 0.25) is 0 Å². The number of halogens is 2. The molecule has 0 radical (unpaired) electrons.